The van der Waals surface area contributed by atoms with E-state index in [1.54, 1.807) is 0 Å². The van der Waals surface area contributed by atoms with Gasteiger partial charge in [0.25, 0.3) is 0 Å². The van der Waals surface area contributed by atoms with Gasteiger partial charge in [-0.05, 0) is 104 Å². The molecule has 0 amide bonds. The average molecular weight is 741 g/mol. The number of aliphatic hydroxyl groups excluding tert-OH is 7. The second kappa shape index (κ2) is 14.1. The Hall–Kier alpha value is -0.520. The van der Waals surface area contributed by atoms with Crippen LogP contribution in [0.5, 0.6) is 0 Å². The summed E-state index contributed by atoms with van der Waals surface area (Å²) in [6.45, 7) is 9.40. The fourth-order valence-corrected chi connectivity index (χ4v) is 13.3. The number of ether oxygens (including phenoxy) is 6. The molecule has 8 fully saturated rings. The minimum atomic E-state index is -1.71. The Morgan fingerprint density at radius 2 is 1.38 bits per heavy atom. The predicted octanol–water partition coefficient (Wildman–Crippen LogP) is 1.44. The van der Waals surface area contributed by atoms with Crippen LogP contribution in [0.4, 0.5) is 0 Å². The van der Waals surface area contributed by atoms with Crippen LogP contribution in [0, 0.1) is 52.3 Å². The van der Waals surface area contributed by atoms with E-state index in [0.717, 1.165) is 51.6 Å². The van der Waals surface area contributed by atoms with Crippen LogP contribution in [-0.2, 0) is 28.4 Å². The van der Waals surface area contributed by atoms with Crippen LogP contribution in [0.25, 0.3) is 0 Å². The summed E-state index contributed by atoms with van der Waals surface area (Å²) in [6, 6.07) is 0. The van der Waals surface area contributed by atoms with Crippen molar-refractivity contribution in [1.82, 2.24) is 0 Å². The standard InChI is InChI=1S/C39H64O13/c1-18-9-12-47-39(15-18)19(2)28-25(52-39)14-24-22-6-5-20-13-21(7-10-37(20,3)23(22)8-11-38(24,28)4)48-36-34(32(45)30(43)27(17-41)50-36)51-35-33(46)31(44)29(42)26(16-40)49-35/h18-36,40-46H,5-17H2,1-4H3. The van der Waals surface area contributed by atoms with E-state index in [1.165, 1.54) is 19.3 Å². The zero-order valence-corrected chi connectivity index (χ0v) is 31.2. The number of hydrogen-bond acceptors (Lipinski definition) is 13. The molecule has 52 heavy (non-hydrogen) atoms. The maximum Gasteiger partial charge on any atom is 0.187 e. The Morgan fingerprint density at radius 3 is 2.10 bits per heavy atom. The van der Waals surface area contributed by atoms with Crippen LogP contribution in [0.15, 0.2) is 0 Å². The van der Waals surface area contributed by atoms with Gasteiger partial charge in [-0.1, -0.05) is 27.7 Å². The summed E-state index contributed by atoms with van der Waals surface area (Å²) in [7, 11) is 0. The number of rotatable bonds is 6. The topological polar surface area (TPSA) is 197 Å². The lowest BCUT2D eigenvalue weighted by molar-refractivity contribution is -0.373. The van der Waals surface area contributed by atoms with Crippen molar-refractivity contribution in [3.05, 3.63) is 0 Å². The van der Waals surface area contributed by atoms with E-state index in [1.807, 2.05) is 0 Å². The molecule has 0 bridgehead atoms. The first-order valence-electron chi connectivity index (χ1n) is 20.3. The van der Waals surface area contributed by atoms with E-state index in [9.17, 15) is 35.7 Å². The molecule has 4 saturated heterocycles. The van der Waals surface area contributed by atoms with Crippen molar-refractivity contribution in [2.45, 2.75) is 171 Å². The van der Waals surface area contributed by atoms with Crippen LogP contribution in [0.2, 0.25) is 0 Å². The van der Waals surface area contributed by atoms with Gasteiger partial charge in [0.1, 0.15) is 48.8 Å². The third-order valence-corrected chi connectivity index (χ3v) is 16.2. The first kappa shape index (κ1) is 38.4. The maximum absolute atomic E-state index is 11.1. The molecule has 8 rings (SSSR count). The Labute approximate surface area is 307 Å². The molecule has 7 N–H and O–H groups in total. The van der Waals surface area contributed by atoms with Crippen molar-refractivity contribution >= 4 is 0 Å². The van der Waals surface area contributed by atoms with Crippen molar-refractivity contribution < 1.29 is 64.2 Å². The van der Waals surface area contributed by atoms with E-state index in [-0.39, 0.29) is 23.0 Å². The van der Waals surface area contributed by atoms with Crippen molar-refractivity contribution in [3.63, 3.8) is 0 Å². The van der Waals surface area contributed by atoms with E-state index in [2.05, 4.69) is 27.7 Å². The van der Waals surface area contributed by atoms with Gasteiger partial charge < -0.3 is 64.2 Å². The second-order valence-corrected chi connectivity index (χ2v) is 18.7. The second-order valence-electron chi connectivity index (χ2n) is 18.7. The van der Waals surface area contributed by atoms with Gasteiger partial charge in [0.05, 0.1) is 32.0 Å². The van der Waals surface area contributed by atoms with Gasteiger partial charge >= 0.3 is 0 Å². The molecule has 22 atom stereocenters. The smallest absolute Gasteiger partial charge is 0.187 e. The molecule has 4 heterocycles. The molecule has 4 aliphatic heterocycles. The van der Waals surface area contributed by atoms with Gasteiger partial charge in [-0.25, -0.2) is 0 Å². The highest BCUT2D eigenvalue weighted by Gasteiger charge is 2.69. The fraction of sp³-hybridized carbons (Fsp3) is 1.00. The zero-order valence-electron chi connectivity index (χ0n) is 31.2. The van der Waals surface area contributed by atoms with Gasteiger partial charge in [0.15, 0.2) is 18.4 Å². The largest absolute Gasteiger partial charge is 0.394 e. The van der Waals surface area contributed by atoms with Gasteiger partial charge in [-0.3, -0.25) is 0 Å². The fourth-order valence-electron chi connectivity index (χ4n) is 13.3. The number of fused-ring (bicyclic) bond motifs is 7. The maximum atomic E-state index is 11.1. The van der Waals surface area contributed by atoms with Crippen LogP contribution in [0.1, 0.15) is 91.9 Å². The third kappa shape index (κ3) is 5.98. The van der Waals surface area contributed by atoms with Crippen molar-refractivity contribution in [3.8, 4) is 0 Å². The predicted molar refractivity (Wildman–Crippen MR) is 183 cm³/mol. The number of aliphatic hydroxyl groups is 7. The molecule has 0 aromatic carbocycles. The summed E-state index contributed by atoms with van der Waals surface area (Å²) in [5.41, 5.74) is 0.422. The van der Waals surface area contributed by atoms with Crippen LogP contribution in [-0.4, -0.2) is 135 Å². The van der Waals surface area contributed by atoms with E-state index in [4.69, 9.17) is 28.4 Å². The highest BCUT2D eigenvalue weighted by Crippen LogP contribution is 2.71. The highest BCUT2D eigenvalue weighted by atomic mass is 16.8. The molecular weight excluding hydrogens is 676 g/mol. The first-order valence-corrected chi connectivity index (χ1v) is 20.3. The molecule has 0 radical (unpaired) electrons. The summed E-state index contributed by atoms with van der Waals surface area (Å²) in [5.74, 6) is 3.52. The summed E-state index contributed by atoms with van der Waals surface area (Å²) in [6.07, 6.45) is -3.94. The van der Waals surface area contributed by atoms with Crippen LogP contribution >= 0.6 is 0 Å². The summed E-state index contributed by atoms with van der Waals surface area (Å²) >= 11 is 0. The summed E-state index contributed by atoms with van der Waals surface area (Å²) < 4.78 is 37.5. The van der Waals surface area contributed by atoms with Crippen molar-refractivity contribution in [2.24, 2.45) is 52.3 Å². The quantitative estimate of drug-likeness (QED) is 0.194. The normalized spacial score (nSPS) is 59.0. The highest BCUT2D eigenvalue weighted by molar-refractivity contribution is 5.15. The minimum Gasteiger partial charge on any atom is -0.394 e. The minimum absolute atomic E-state index is 0.167. The molecule has 8 aliphatic rings. The van der Waals surface area contributed by atoms with E-state index >= 15 is 0 Å². The molecule has 4 saturated carbocycles. The van der Waals surface area contributed by atoms with Crippen LogP contribution < -0.4 is 0 Å². The molecule has 13 nitrogen and oxygen atoms in total. The van der Waals surface area contributed by atoms with Crippen LogP contribution in [0.3, 0.4) is 0 Å². The molecule has 1 spiro atoms. The molecule has 0 aromatic rings. The molecule has 298 valence electrons. The molecule has 13 heteroatoms. The summed E-state index contributed by atoms with van der Waals surface area (Å²) in [5, 5.41) is 72.7. The van der Waals surface area contributed by atoms with E-state index in [0.29, 0.717) is 41.4 Å². The third-order valence-electron chi connectivity index (χ3n) is 16.2. The van der Waals surface area contributed by atoms with E-state index < -0.39 is 80.4 Å². The lowest BCUT2D eigenvalue weighted by Crippen LogP contribution is -2.65. The molecular formula is C39H64O13. The zero-order chi connectivity index (χ0) is 36.9. The van der Waals surface area contributed by atoms with Gasteiger partial charge in [0.2, 0.25) is 0 Å². The SMILES string of the molecule is CC1CCOC2(C1)OC1CC3C4CCC5CC(OC6OC(CO)C(O)C(O)C6OC6OC(CO)C(O)C(O)C6O)CCC5(C)C4CCC3(C)C1C2C. The Bertz CT molecular complexity index is 1270. The van der Waals surface area contributed by atoms with Crippen molar-refractivity contribution in [2.75, 3.05) is 19.8 Å². The molecule has 4 aliphatic carbocycles. The van der Waals surface area contributed by atoms with Gasteiger partial charge in [0, 0.05) is 12.3 Å². The number of hydrogen-bond donors (Lipinski definition) is 7. The lowest BCUT2D eigenvalue weighted by Gasteiger charge is -2.61. The van der Waals surface area contributed by atoms with Gasteiger partial charge in [-0.15, -0.1) is 0 Å². The van der Waals surface area contributed by atoms with Gasteiger partial charge in [-0.2, -0.15) is 0 Å². The summed E-state index contributed by atoms with van der Waals surface area (Å²) in [4.78, 5) is 0. The lowest BCUT2D eigenvalue weighted by atomic mass is 9.44. The molecule has 0 aromatic heterocycles. The molecule has 22 unspecified atom stereocenters. The Kier molecular flexibility index (Phi) is 10.4. The average Bonchev–Trinajstić information content (AvgIpc) is 3.56. The van der Waals surface area contributed by atoms with Crippen molar-refractivity contribution in [1.29, 1.82) is 0 Å². The Balaban J connectivity index is 0.945. The Morgan fingerprint density at radius 1 is 0.692 bits per heavy atom. The monoisotopic (exact) mass is 740 g/mol. The first-order chi connectivity index (χ1) is 24.7.